The van der Waals surface area contributed by atoms with E-state index in [9.17, 15) is 9.59 Å². The Hall–Kier alpha value is -2.12. The van der Waals surface area contributed by atoms with Crippen LogP contribution in [0.3, 0.4) is 0 Å². The number of amides is 2. The summed E-state index contributed by atoms with van der Waals surface area (Å²) in [5.41, 5.74) is 2.55. The first kappa shape index (κ1) is 15.8. The number of nitrogens with zero attached hydrogens (tertiary/aromatic N) is 1. The number of hydrogen-bond acceptors (Lipinski definition) is 5. The van der Waals surface area contributed by atoms with Gasteiger partial charge < -0.3 is 9.15 Å². The molecule has 0 radical (unpaired) electrons. The van der Waals surface area contributed by atoms with Gasteiger partial charge in [-0.25, -0.2) is 5.01 Å². The number of halogens is 1. The summed E-state index contributed by atoms with van der Waals surface area (Å²) in [6, 6.07) is 10.4. The Balaban J connectivity index is 1.60. The van der Waals surface area contributed by atoms with Crippen molar-refractivity contribution in [1.29, 1.82) is 0 Å². The van der Waals surface area contributed by atoms with Gasteiger partial charge in [-0.05, 0) is 24.3 Å². The van der Waals surface area contributed by atoms with Crippen molar-refractivity contribution in [2.24, 2.45) is 0 Å². The summed E-state index contributed by atoms with van der Waals surface area (Å²) in [7, 11) is 0. The van der Waals surface area contributed by atoms with Crippen molar-refractivity contribution < 1.29 is 18.7 Å². The third-order valence-electron chi connectivity index (χ3n) is 3.10. The highest BCUT2D eigenvalue weighted by atomic mass is 35.5. The van der Waals surface area contributed by atoms with Gasteiger partial charge in [0.15, 0.2) is 12.0 Å². The van der Waals surface area contributed by atoms with E-state index in [0.717, 1.165) is 0 Å². The van der Waals surface area contributed by atoms with Gasteiger partial charge in [-0.1, -0.05) is 23.7 Å². The largest absolute Gasteiger partial charge is 0.482 e. The van der Waals surface area contributed by atoms with Crippen LogP contribution in [0.2, 0.25) is 5.02 Å². The first-order valence-electron chi connectivity index (χ1n) is 6.79. The number of para-hydroxylation sites is 1. The number of carbonyl (C=O) groups excluding carboxylic acids is 2. The van der Waals surface area contributed by atoms with Gasteiger partial charge in [0.25, 0.3) is 11.8 Å². The minimum atomic E-state index is -0.447. The van der Waals surface area contributed by atoms with E-state index < -0.39 is 5.91 Å². The molecule has 1 saturated heterocycles. The van der Waals surface area contributed by atoms with Gasteiger partial charge in [0.2, 0.25) is 0 Å². The van der Waals surface area contributed by atoms with Crippen molar-refractivity contribution in [3.05, 3.63) is 53.4 Å². The van der Waals surface area contributed by atoms with Crippen LogP contribution in [0.15, 0.2) is 47.1 Å². The van der Waals surface area contributed by atoms with E-state index in [0.29, 0.717) is 16.5 Å². The third-order valence-corrected chi connectivity index (χ3v) is 4.58. The minimum absolute atomic E-state index is 0.192. The molecule has 0 saturated carbocycles. The lowest BCUT2D eigenvalue weighted by atomic mass is 10.3. The number of hydrogen-bond donors (Lipinski definition) is 1. The number of hydrazine groups is 1. The first-order chi connectivity index (χ1) is 11.1. The monoisotopic (exact) mass is 352 g/mol. The molecule has 1 aliphatic heterocycles. The number of rotatable bonds is 5. The summed E-state index contributed by atoms with van der Waals surface area (Å²) in [4.78, 5) is 24.0. The molecule has 1 N–H and O–H groups in total. The quantitative estimate of drug-likeness (QED) is 0.895. The smallest absolute Gasteiger partial charge is 0.276 e. The Bertz CT molecular complexity index is 707. The van der Waals surface area contributed by atoms with Crippen LogP contribution in [-0.4, -0.2) is 29.2 Å². The zero-order valence-corrected chi connectivity index (χ0v) is 13.5. The van der Waals surface area contributed by atoms with E-state index in [4.69, 9.17) is 20.8 Å². The van der Waals surface area contributed by atoms with Gasteiger partial charge in [-0.15, -0.1) is 11.8 Å². The highest BCUT2D eigenvalue weighted by Crippen LogP contribution is 2.37. The zero-order valence-electron chi connectivity index (χ0n) is 11.9. The molecule has 1 unspecified atom stereocenters. The van der Waals surface area contributed by atoms with Crippen molar-refractivity contribution in [2.45, 2.75) is 5.37 Å². The van der Waals surface area contributed by atoms with Crippen LogP contribution in [0.4, 0.5) is 0 Å². The van der Waals surface area contributed by atoms with Gasteiger partial charge in [0.05, 0.1) is 17.0 Å². The molecule has 120 valence electrons. The second-order valence-electron chi connectivity index (χ2n) is 4.70. The Labute approximate surface area is 141 Å². The van der Waals surface area contributed by atoms with Gasteiger partial charge in [0, 0.05) is 0 Å². The van der Waals surface area contributed by atoms with Gasteiger partial charge in [0.1, 0.15) is 11.5 Å². The van der Waals surface area contributed by atoms with Crippen molar-refractivity contribution in [3.8, 4) is 5.75 Å². The molecular weight excluding hydrogens is 340 g/mol. The van der Waals surface area contributed by atoms with Crippen molar-refractivity contribution in [2.75, 3.05) is 12.4 Å². The van der Waals surface area contributed by atoms with E-state index in [1.807, 2.05) is 0 Å². The summed E-state index contributed by atoms with van der Waals surface area (Å²) >= 11 is 7.34. The molecule has 0 bridgehead atoms. The Morgan fingerprint density at radius 1 is 1.39 bits per heavy atom. The second kappa shape index (κ2) is 6.97. The van der Waals surface area contributed by atoms with Gasteiger partial charge in [-0.2, -0.15) is 0 Å². The lowest BCUT2D eigenvalue weighted by molar-refractivity contribution is -0.140. The number of thioether (sulfide) groups is 1. The van der Waals surface area contributed by atoms with E-state index in [2.05, 4.69) is 5.43 Å². The highest BCUT2D eigenvalue weighted by molar-refractivity contribution is 8.00. The highest BCUT2D eigenvalue weighted by Gasteiger charge is 2.36. The number of benzene rings is 1. The molecule has 0 aliphatic carbocycles. The van der Waals surface area contributed by atoms with Crippen LogP contribution >= 0.6 is 23.4 Å². The van der Waals surface area contributed by atoms with E-state index in [1.54, 1.807) is 36.4 Å². The number of carbonyl (C=O) groups is 2. The van der Waals surface area contributed by atoms with Gasteiger partial charge >= 0.3 is 0 Å². The van der Waals surface area contributed by atoms with E-state index in [1.165, 1.54) is 23.0 Å². The van der Waals surface area contributed by atoms with Crippen molar-refractivity contribution in [1.82, 2.24) is 10.4 Å². The average molecular weight is 353 g/mol. The molecule has 23 heavy (non-hydrogen) atoms. The van der Waals surface area contributed by atoms with Crippen LogP contribution in [-0.2, 0) is 9.59 Å². The van der Waals surface area contributed by atoms with E-state index >= 15 is 0 Å². The molecule has 2 aromatic rings. The third kappa shape index (κ3) is 3.62. The number of furan rings is 1. The molecular formula is C15H13ClN2O4S. The summed E-state index contributed by atoms with van der Waals surface area (Å²) in [5, 5.41) is 1.31. The van der Waals surface area contributed by atoms with Gasteiger partial charge in [-0.3, -0.25) is 15.0 Å². The minimum Gasteiger partial charge on any atom is -0.482 e. The summed E-state index contributed by atoms with van der Waals surface area (Å²) in [6.07, 6.45) is 1.53. The second-order valence-corrected chi connectivity index (χ2v) is 6.17. The maximum absolute atomic E-state index is 12.0. The lowest BCUT2D eigenvalue weighted by Crippen LogP contribution is -2.46. The Kier molecular flexibility index (Phi) is 4.78. The normalized spacial score (nSPS) is 17.3. The molecule has 1 aromatic heterocycles. The van der Waals surface area contributed by atoms with Crippen molar-refractivity contribution >= 4 is 35.2 Å². The maximum atomic E-state index is 12.0. The fraction of sp³-hybridized carbons (Fsp3) is 0.200. The molecule has 2 heterocycles. The lowest BCUT2D eigenvalue weighted by Gasteiger charge is -2.22. The fourth-order valence-corrected chi connectivity index (χ4v) is 3.31. The molecule has 1 fully saturated rings. The van der Waals surface area contributed by atoms with Crippen LogP contribution in [0.1, 0.15) is 11.1 Å². The molecule has 1 atom stereocenters. The van der Waals surface area contributed by atoms with Crippen LogP contribution in [0.5, 0.6) is 5.75 Å². The summed E-state index contributed by atoms with van der Waals surface area (Å²) < 4.78 is 10.7. The zero-order chi connectivity index (χ0) is 16.2. The Morgan fingerprint density at radius 2 is 2.22 bits per heavy atom. The van der Waals surface area contributed by atoms with Crippen molar-refractivity contribution in [3.63, 3.8) is 0 Å². The molecule has 2 amide bonds. The summed E-state index contributed by atoms with van der Waals surface area (Å²) in [5.74, 6) is 0.652. The van der Waals surface area contributed by atoms with Crippen LogP contribution in [0, 0.1) is 0 Å². The van der Waals surface area contributed by atoms with Crippen LogP contribution < -0.4 is 10.2 Å². The predicted molar refractivity (Wildman–Crippen MR) is 85.8 cm³/mol. The summed E-state index contributed by atoms with van der Waals surface area (Å²) in [6.45, 7) is -0.247. The fourth-order valence-electron chi connectivity index (χ4n) is 2.06. The molecule has 1 aromatic carbocycles. The predicted octanol–water partition coefficient (Wildman–Crippen LogP) is 2.62. The maximum Gasteiger partial charge on any atom is 0.276 e. The van der Waals surface area contributed by atoms with Crippen LogP contribution in [0.25, 0.3) is 0 Å². The molecule has 8 heteroatoms. The van der Waals surface area contributed by atoms with E-state index in [-0.39, 0.29) is 23.6 Å². The number of ether oxygens (including phenoxy) is 1. The topological polar surface area (TPSA) is 71.8 Å². The Morgan fingerprint density at radius 3 is 2.96 bits per heavy atom. The first-order valence-corrected chi connectivity index (χ1v) is 8.21. The standard InChI is InChI=1S/C15H13ClN2O4S/c16-10-4-1-2-5-11(10)22-8-13(19)17-18-14(20)9-23-15(18)12-6-3-7-21-12/h1-7,15H,8-9H2,(H,17,19). The molecule has 6 nitrogen and oxygen atoms in total. The molecule has 0 spiro atoms. The average Bonchev–Trinajstić information content (AvgIpc) is 3.17. The molecule has 1 aliphatic rings. The number of nitrogens with one attached hydrogen (secondary N) is 1. The SMILES string of the molecule is O=C(COc1ccccc1Cl)NN1C(=O)CSC1c1ccco1. The molecule has 3 rings (SSSR count).